The standard InChI is InChI=1S/C14H11FO2/c15-13-8-6-12(7-9-13)14(17,10-16)11-4-2-1-3-5-11/h1-10,17H. The molecular formula is C14H11FO2. The number of carbonyl (C=O) groups excluding carboxylic acids is 1. The van der Waals surface area contributed by atoms with Gasteiger partial charge in [0.2, 0.25) is 0 Å². The molecule has 0 aliphatic carbocycles. The molecule has 0 aliphatic rings. The normalized spacial score (nSPS) is 14.0. The van der Waals surface area contributed by atoms with Crippen LogP contribution < -0.4 is 0 Å². The van der Waals surface area contributed by atoms with Crippen LogP contribution in [0.1, 0.15) is 11.1 Å². The zero-order valence-corrected chi connectivity index (χ0v) is 9.01. The Kier molecular flexibility index (Phi) is 3.02. The summed E-state index contributed by atoms with van der Waals surface area (Å²) in [7, 11) is 0. The van der Waals surface area contributed by atoms with Gasteiger partial charge in [-0.1, -0.05) is 42.5 Å². The van der Waals surface area contributed by atoms with Crippen molar-refractivity contribution >= 4 is 6.29 Å². The zero-order valence-electron chi connectivity index (χ0n) is 9.01. The van der Waals surface area contributed by atoms with E-state index in [0.29, 0.717) is 17.4 Å². The van der Waals surface area contributed by atoms with Crippen molar-refractivity contribution in [1.82, 2.24) is 0 Å². The van der Waals surface area contributed by atoms with E-state index in [2.05, 4.69) is 0 Å². The van der Waals surface area contributed by atoms with Gasteiger partial charge >= 0.3 is 0 Å². The Balaban J connectivity index is 2.51. The molecule has 2 nitrogen and oxygen atoms in total. The maximum Gasteiger partial charge on any atom is 0.170 e. The summed E-state index contributed by atoms with van der Waals surface area (Å²) < 4.78 is 12.8. The molecule has 0 aliphatic heterocycles. The predicted molar refractivity (Wildman–Crippen MR) is 61.9 cm³/mol. The van der Waals surface area contributed by atoms with E-state index in [1.165, 1.54) is 24.3 Å². The second-order valence-electron chi connectivity index (χ2n) is 3.76. The largest absolute Gasteiger partial charge is 0.373 e. The van der Waals surface area contributed by atoms with E-state index >= 15 is 0 Å². The molecule has 2 rings (SSSR count). The first-order valence-electron chi connectivity index (χ1n) is 5.17. The highest BCUT2D eigenvalue weighted by molar-refractivity contribution is 5.72. The molecule has 0 heterocycles. The highest BCUT2D eigenvalue weighted by atomic mass is 19.1. The van der Waals surface area contributed by atoms with Crippen molar-refractivity contribution in [3.63, 3.8) is 0 Å². The molecule has 1 N–H and O–H groups in total. The summed E-state index contributed by atoms with van der Waals surface area (Å²) in [6, 6.07) is 13.8. The number of rotatable bonds is 3. The molecule has 2 aromatic rings. The van der Waals surface area contributed by atoms with Gasteiger partial charge in [-0.05, 0) is 23.3 Å². The minimum absolute atomic E-state index is 0.347. The van der Waals surface area contributed by atoms with Crippen LogP contribution in [0.5, 0.6) is 0 Å². The number of benzene rings is 2. The molecule has 17 heavy (non-hydrogen) atoms. The Morgan fingerprint density at radius 1 is 0.941 bits per heavy atom. The lowest BCUT2D eigenvalue weighted by Crippen LogP contribution is -2.28. The molecule has 0 bridgehead atoms. The molecule has 1 unspecified atom stereocenters. The number of hydrogen-bond donors (Lipinski definition) is 1. The van der Waals surface area contributed by atoms with E-state index in [1.54, 1.807) is 30.3 Å². The van der Waals surface area contributed by atoms with Crippen molar-refractivity contribution in [2.24, 2.45) is 0 Å². The third kappa shape index (κ3) is 2.10. The molecule has 0 saturated heterocycles. The van der Waals surface area contributed by atoms with Gasteiger partial charge < -0.3 is 5.11 Å². The SMILES string of the molecule is O=CC(O)(c1ccccc1)c1ccc(F)cc1. The summed E-state index contributed by atoms with van der Waals surface area (Å²) in [5.41, 5.74) is -0.920. The lowest BCUT2D eigenvalue weighted by atomic mass is 9.88. The highest BCUT2D eigenvalue weighted by Gasteiger charge is 2.30. The molecule has 3 heteroatoms. The highest BCUT2D eigenvalue weighted by Crippen LogP contribution is 2.27. The zero-order chi connectivity index (χ0) is 12.3. The lowest BCUT2D eigenvalue weighted by Gasteiger charge is -2.22. The number of aliphatic hydroxyl groups is 1. The first-order valence-corrected chi connectivity index (χ1v) is 5.17. The van der Waals surface area contributed by atoms with Crippen LogP contribution in [-0.4, -0.2) is 11.4 Å². The maximum absolute atomic E-state index is 12.8. The number of aldehydes is 1. The average Bonchev–Trinajstić information content (AvgIpc) is 2.40. The van der Waals surface area contributed by atoms with Crippen LogP contribution in [0, 0.1) is 5.82 Å². The molecule has 0 radical (unpaired) electrons. The molecular weight excluding hydrogens is 219 g/mol. The molecule has 0 spiro atoms. The summed E-state index contributed by atoms with van der Waals surface area (Å²) in [4.78, 5) is 11.2. The molecule has 2 aromatic carbocycles. The van der Waals surface area contributed by atoms with Crippen molar-refractivity contribution in [2.45, 2.75) is 5.60 Å². The van der Waals surface area contributed by atoms with Crippen molar-refractivity contribution in [1.29, 1.82) is 0 Å². The fourth-order valence-corrected chi connectivity index (χ4v) is 1.70. The van der Waals surface area contributed by atoms with E-state index in [4.69, 9.17) is 0 Å². The lowest BCUT2D eigenvalue weighted by molar-refractivity contribution is -0.121. The quantitative estimate of drug-likeness (QED) is 0.821. The minimum Gasteiger partial charge on any atom is -0.373 e. The maximum atomic E-state index is 12.8. The van der Waals surface area contributed by atoms with E-state index in [9.17, 15) is 14.3 Å². The van der Waals surface area contributed by atoms with Crippen LogP contribution in [0.15, 0.2) is 54.6 Å². The Morgan fingerprint density at radius 3 is 2.00 bits per heavy atom. The third-order valence-corrected chi connectivity index (χ3v) is 2.67. The van der Waals surface area contributed by atoms with E-state index in [1.807, 2.05) is 0 Å². The number of carbonyl (C=O) groups is 1. The minimum atomic E-state index is -1.73. The van der Waals surface area contributed by atoms with E-state index < -0.39 is 11.4 Å². The van der Waals surface area contributed by atoms with Crippen LogP contribution in [-0.2, 0) is 10.4 Å². The van der Waals surface area contributed by atoms with Crippen LogP contribution in [0.3, 0.4) is 0 Å². The monoisotopic (exact) mass is 230 g/mol. The summed E-state index contributed by atoms with van der Waals surface area (Å²) >= 11 is 0. The molecule has 0 amide bonds. The first-order chi connectivity index (χ1) is 8.16. The van der Waals surface area contributed by atoms with Gasteiger partial charge in [0.15, 0.2) is 11.9 Å². The van der Waals surface area contributed by atoms with Gasteiger partial charge in [0.1, 0.15) is 5.82 Å². The molecule has 0 aromatic heterocycles. The predicted octanol–water partition coefficient (Wildman–Crippen LogP) is 2.26. The van der Waals surface area contributed by atoms with Crippen molar-refractivity contribution in [3.8, 4) is 0 Å². The van der Waals surface area contributed by atoms with Gasteiger partial charge in [0.25, 0.3) is 0 Å². The van der Waals surface area contributed by atoms with Gasteiger partial charge in [-0.2, -0.15) is 0 Å². The Bertz CT molecular complexity index is 508. The van der Waals surface area contributed by atoms with Crippen LogP contribution >= 0.6 is 0 Å². The molecule has 1 atom stereocenters. The van der Waals surface area contributed by atoms with Crippen molar-refractivity contribution in [3.05, 3.63) is 71.5 Å². The summed E-state index contributed by atoms with van der Waals surface area (Å²) in [5, 5.41) is 10.4. The average molecular weight is 230 g/mol. The topological polar surface area (TPSA) is 37.3 Å². The van der Waals surface area contributed by atoms with Crippen LogP contribution in [0.25, 0.3) is 0 Å². The van der Waals surface area contributed by atoms with Gasteiger partial charge in [0, 0.05) is 0 Å². The van der Waals surface area contributed by atoms with Gasteiger partial charge in [-0.3, -0.25) is 4.79 Å². The third-order valence-electron chi connectivity index (χ3n) is 2.67. The fourth-order valence-electron chi connectivity index (χ4n) is 1.70. The number of halogens is 1. The van der Waals surface area contributed by atoms with Crippen molar-refractivity contribution in [2.75, 3.05) is 0 Å². The Labute approximate surface area is 98.3 Å². The van der Waals surface area contributed by atoms with E-state index in [0.717, 1.165) is 0 Å². The van der Waals surface area contributed by atoms with Crippen LogP contribution in [0.2, 0.25) is 0 Å². The smallest absolute Gasteiger partial charge is 0.170 e. The van der Waals surface area contributed by atoms with Gasteiger partial charge in [0.05, 0.1) is 0 Å². The second kappa shape index (κ2) is 4.47. The van der Waals surface area contributed by atoms with Gasteiger partial charge in [-0.15, -0.1) is 0 Å². The fraction of sp³-hybridized carbons (Fsp3) is 0.0714. The molecule has 0 saturated carbocycles. The second-order valence-corrected chi connectivity index (χ2v) is 3.76. The van der Waals surface area contributed by atoms with E-state index in [-0.39, 0.29) is 0 Å². The molecule has 0 fully saturated rings. The van der Waals surface area contributed by atoms with Crippen LogP contribution in [0.4, 0.5) is 4.39 Å². The summed E-state index contributed by atoms with van der Waals surface area (Å²) in [6.07, 6.45) is 0.454. The summed E-state index contributed by atoms with van der Waals surface area (Å²) in [5.74, 6) is -0.407. The molecule has 86 valence electrons. The van der Waals surface area contributed by atoms with Gasteiger partial charge in [-0.25, -0.2) is 4.39 Å². The number of hydrogen-bond acceptors (Lipinski definition) is 2. The summed E-state index contributed by atoms with van der Waals surface area (Å²) in [6.45, 7) is 0. The Hall–Kier alpha value is -2.00. The first kappa shape index (κ1) is 11.5. The van der Waals surface area contributed by atoms with Crippen molar-refractivity contribution < 1.29 is 14.3 Å². The Morgan fingerprint density at radius 2 is 1.47 bits per heavy atom.